The van der Waals surface area contributed by atoms with Crippen molar-refractivity contribution >= 4 is 28.9 Å². The average Bonchev–Trinajstić information content (AvgIpc) is 3.05. The van der Waals surface area contributed by atoms with Crippen LogP contribution in [0.1, 0.15) is 37.1 Å². The minimum atomic E-state index is -0.511. The molecule has 0 fully saturated rings. The Balaban J connectivity index is 1.76. The Bertz CT molecular complexity index is 921. The highest BCUT2D eigenvalue weighted by molar-refractivity contribution is 7.99. The van der Waals surface area contributed by atoms with Gasteiger partial charge in [-0.15, -0.1) is 0 Å². The van der Waals surface area contributed by atoms with Crippen LogP contribution in [0.2, 0.25) is 5.02 Å². The third-order valence-electron chi connectivity index (χ3n) is 3.66. The second-order valence-electron chi connectivity index (χ2n) is 5.98. The van der Waals surface area contributed by atoms with Gasteiger partial charge in [-0.2, -0.15) is 0 Å². The summed E-state index contributed by atoms with van der Waals surface area (Å²) in [5.41, 5.74) is 2.22. The molecule has 3 rings (SSSR count). The van der Waals surface area contributed by atoms with E-state index in [1.807, 2.05) is 37.3 Å². The Morgan fingerprint density at radius 1 is 1.30 bits per heavy atom. The summed E-state index contributed by atoms with van der Waals surface area (Å²) in [7, 11) is 0. The number of hydrogen-bond donors (Lipinski definition) is 1. The number of ether oxygens (including phenoxy) is 1. The van der Waals surface area contributed by atoms with Gasteiger partial charge in [-0.3, -0.25) is 0 Å². The van der Waals surface area contributed by atoms with E-state index in [0.29, 0.717) is 27.4 Å². The molecule has 0 aliphatic heterocycles. The summed E-state index contributed by atoms with van der Waals surface area (Å²) in [6.45, 7) is 7.67. The number of hydrogen-bond acceptors (Lipinski definition) is 6. The minimum Gasteiger partial charge on any atom is -0.487 e. The highest BCUT2D eigenvalue weighted by Crippen LogP contribution is 2.32. The topological polar surface area (TPSA) is 68.4 Å². The predicted molar refractivity (Wildman–Crippen MR) is 106 cm³/mol. The Morgan fingerprint density at radius 2 is 2.04 bits per heavy atom. The number of aromatic nitrogens is 2. The van der Waals surface area contributed by atoms with Crippen molar-refractivity contribution in [2.45, 2.75) is 36.7 Å². The van der Waals surface area contributed by atoms with Crippen LogP contribution in [0.3, 0.4) is 0 Å². The monoisotopic (exact) mass is 402 g/mol. The van der Waals surface area contributed by atoms with Crippen LogP contribution in [-0.4, -0.2) is 15.1 Å². The third-order valence-corrected chi connectivity index (χ3v) is 4.84. The van der Waals surface area contributed by atoms with Gasteiger partial charge in [0.25, 0.3) is 0 Å². The number of benzene rings is 1. The van der Waals surface area contributed by atoms with Gasteiger partial charge in [0, 0.05) is 11.8 Å². The number of nitrogens with zero attached hydrogens (tertiary/aromatic N) is 2. The molecule has 0 aliphatic rings. The van der Waals surface area contributed by atoms with Gasteiger partial charge in [-0.05, 0) is 55.4 Å². The van der Waals surface area contributed by atoms with E-state index in [-0.39, 0.29) is 6.61 Å². The van der Waals surface area contributed by atoms with Crippen molar-refractivity contribution in [3.63, 3.8) is 0 Å². The van der Waals surface area contributed by atoms with E-state index >= 15 is 0 Å². The number of pyridine rings is 1. The fraction of sp³-hybridized carbons (Fsp3) is 0.200. The molecule has 1 aromatic carbocycles. The molecule has 2 aromatic heterocycles. The number of aliphatic hydroxyl groups excluding tert-OH is 1. The lowest BCUT2D eigenvalue weighted by Gasteiger charge is -2.08. The Labute approximate surface area is 167 Å². The average molecular weight is 403 g/mol. The van der Waals surface area contributed by atoms with Crippen LogP contribution in [0, 0.1) is 0 Å². The van der Waals surface area contributed by atoms with E-state index in [4.69, 9.17) is 20.8 Å². The van der Waals surface area contributed by atoms with Gasteiger partial charge in [-0.25, -0.2) is 9.97 Å². The standard InChI is InChI=1S/C20H19ClN2O3S/c1-12(2)19-23-17(11-25-16-7-4-14(5-8-16)13(3)24)20(26-19)27-18-9-6-15(21)10-22-18/h4-10,13,24H,1,11H2,2-3H3. The Morgan fingerprint density at radius 3 is 2.63 bits per heavy atom. The first-order valence-corrected chi connectivity index (χ1v) is 9.47. The molecule has 1 unspecified atom stereocenters. The zero-order chi connectivity index (χ0) is 19.4. The molecule has 0 radical (unpaired) electrons. The number of halogens is 1. The summed E-state index contributed by atoms with van der Waals surface area (Å²) in [6, 6.07) is 10.9. The van der Waals surface area contributed by atoms with Crippen LogP contribution in [0.25, 0.3) is 5.57 Å². The zero-order valence-corrected chi connectivity index (χ0v) is 16.5. The molecule has 140 valence electrons. The van der Waals surface area contributed by atoms with Crippen LogP contribution < -0.4 is 4.74 Å². The minimum absolute atomic E-state index is 0.237. The van der Waals surface area contributed by atoms with Gasteiger partial charge in [-0.1, -0.05) is 30.3 Å². The van der Waals surface area contributed by atoms with Crippen LogP contribution in [0.15, 0.2) is 63.7 Å². The molecule has 1 N–H and O–H groups in total. The summed E-state index contributed by atoms with van der Waals surface area (Å²) in [4.78, 5) is 8.75. The van der Waals surface area contributed by atoms with Gasteiger partial charge in [0.1, 0.15) is 23.1 Å². The smallest absolute Gasteiger partial charge is 0.222 e. The van der Waals surface area contributed by atoms with E-state index in [0.717, 1.165) is 16.2 Å². The summed E-state index contributed by atoms with van der Waals surface area (Å²) in [5.74, 6) is 1.15. The van der Waals surface area contributed by atoms with Gasteiger partial charge in [0.2, 0.25) is 5.89 Å². The van der Waals surface area contributed by atoms with Gasteiger partial charge >= 0.3 is 0 Å². The van der Waals surface area contributed by atoms with E-state index in [1.54, 1.807) is 19.2 Å². The van der Waals surface area contributed by atoms with Crippen molar-refractivity contribution in [2.75, 3.05) is 0 Å². The SMILES string of the molecule is C=C(C)c1nc(COc2ccc(C(C)O)cc2)c(Sc2ccc(Cl)cn2)o1. The molecule has 5 nitrogen and oxygen atoms in total. The number of allylic oxidation sites excluding steroid dienone is 1. The highest BCUT2D eigenvalue weighted by atomic mass is 35.5. The number of oxazole rings is 1. The first-order chi connectivity index (χ1) is 12.9. The molecule has 0 aliphatic carbocycles. The lowest BCUT2D eigenvalue weighted by atomic mass is 10.1. The summed E-state index contributed by atoms with van der Waals surface area (Å²) in [5, 5.41) is 11.5. The molecular weight excluding hydrogens is 384 g/mol. The summed E-state index contributed by atoms with van der Waals surface area (Å²) >= 11 is 7.23. The van der Waals surface area contributed by atoms with Crippen LogP contribution in [0.5, 0.6) is 5.75 Å². The van der Waals surface area contributed by atoms with Crippen LogP contribution in [-0.2, 0) is 6.61 Å². The van der Waals surface area contributed by atoms with Crippen LogP contribution in [0.4, 0.5) is 0 Å². The molecule has 0 amide bonds. The molecule has 0 bridgehead atoms. The van der Waals surface area contributed by atoms with Crippen molar-refractivity contribution in [3.05, 3.63) is 71.3 Å². The molecule has 0 spiro atoms. The molecular formula is C20H19ClN2O3S. The predicted octanol–water partition coefficient (Wildman–Crippen LogP) is 5.54. The number of aliphatic hydroxyl groups is 1. The fourth-order valence-corrected chi connectivity index (χ4v) is 3.09. The molecule has 2 heterocycles. The molecule has 0 saturated heterocycles. The maximum Gasteiger partial charge on any atom is 0.222 e. The summed E-state index contributed by atoms with van der Waals surface area (Å²) < 4.78 is 11.6. The first-order valence-electron chi connectivity index (χ1n) is 8.28. The van der Waals surface area contributed by atoms with Crippen molar-refractivity contribution < 1.29 is 14.3 Å². The van der Waals surface area contributed by atoms with Gasteiger partial charge in [0.05, 0.1) is 11.1 Å². The maximum absolute atomic E-state index is 9.58. The zero-order valence-electron chi connectivity index (χ0n) is 15.0. The van der Waals surface area contributed by atoms with E-state index in [9.17, 15) is 5.11 Å². The quantitative estimate of drug-likeness (QED) is 0.559. The Hall–Kier alpha value is -2.28. The second-order valence-corrected chi connectivity index (χ2v) is 7.41. The Kier molecular flexibility index (Phi) is 6.21. The number of rotatable bonds is 7. The maximum atomic E-state index is 9.58. The van der Waals surface area contributed by atoms with Crippen molar-refractivity contribution in [1.29, 1.82) is 0 Å². The van der Waals surface area contributed by atoms with E-state index < -0.39 is 6.10 Å². The van der Waals surface area contributed by atoms with Crippen molar-refractivity contribution in [3.8, 4) is 5.75 Å². The first kappa shape index (κ1) is 19.5. The fourth-order valence-electron chi connectivity index (χ4n) is 2.20. The molecule has 0 saturated carbocycles. The van der Waals surface area contributed by atoms with Gasteiger partial charge in [0.15, 0.2) is 5.09 Å². The normalized spacial score (nSPS) is 12.0. The molecule has 27 heavy (non-hydrogen) atoms. The molecule has 3 aromatic rings. The second kappa shape index (κ2) is 8.61. The lowest BCUT2D eigenvalue weighted by molar-refractivity contribution is 0.199. The summed E-state index contributed by atoms with van der Waals surface area (Å²) in [6.07, 6.45) is 1.07. The van der Waals surface area contributed by atoms with Gasteiger partial charge < -0.3 is 14.3 Å². The molecule has 7 heteroatoms. The van der Waals surface area contributed by atoms with Crippen molar-refractivity contribution in [2.24, 2.45) is 0 Å². The molecule has 1 atom stereocenters. The highest BCUT2D eigenvalue weighted by Gasteiger charge is 2.16. The van der Waals surface area contributed by atoms with E-state index in [1.165, 1.54) is 11.8 Å². The third kappa shape index (κ3) is 5.13. The largest absolute Gasteiger partial charge is 0.487 e. The van der Waals surface area contributed by atoms with Crippen molar-refractivity contribution in [1.82, 2.24) is 9.97 Å². The van der Waals surface area contributed by atoms with E-state index in [2.05, 4.69) is 16.5 Å². The van der Waals surface area contributed by atoms with Crippen LogP contribution >= 0.6 is 23.4 Å². The lowest BCUT2D eigenvalue weighted by Crippen LogP contribution is -1.98.